The molecule has 0 aromatic heterocycles. The van der Waals surface area contributed by atoms with Crippen molar-refractivity contribution in [2.24, 2.45) is 5.14 Å². The second-order valence-electron chi connectivity index (χ2n) is 2.18. The van der Waals surface area contributed by atoms with Crippen molar-refractivity contribution in [2.45, 2.75) is 4.90 Å². The molecule has 0 aliphatic carbocycles. The van der Waals surface area contributed by atoms with E-state index in [-0.39, 0.29) is 0 Å². The Bertz CT molecular complexity index is 341. The van der Waals surface area contributed by atoms with E-state index in [1.807, 2.05) is 0 Å². The van der Waals surface area contributed by atoms with E-state index in [4.69, 9.17) is 5.14 Å². The van der Waals surface area contributed by atoms with Crippen molar-refractivity contribution in [3.8, 4) is 0 Å². The van der Waals surface area contributed by atoms with Crippen LogP contribution in [0.5, 0.6) is 0 Å². The molecule has 60 valence electrons. The summed E-state index contributed by atoms with van der Waals surface area (Å²) in [5.41, 5.74) is 0. The number of halogens is 1. The average molecular weight is 234 g/mol. The molecule has 0 amide bonds. The molecular weight excluding hydrogens is 226 g/mol. The van der Waals surface area contributed by atoms with Gasteiger partial charge >= 0.3 is 0 Å². The lowest BCUT2D eigenvalue weighted by Gasteiger charge is -2.00. The van der Waals surface area contributed by atoms with Gasteiger partial charge in [-0.25, -0.2) is 4.21 Å². The lowest BCUT2D eigenvalue weighted by molar-refractivity contribution is 0.682. The topological polar surface area (TPSA) is 43.1 Å². The highest BCUT2D eigenvalue weighted by molar-refractivity contribution is 9.10. The molecule has 0 heterocycles. The van der Waals surface area contributed by atoms with E-state index in [0.29, 0.717) is 4.90 Å². The molecule has 1 atom stereocenters. The second-order valence-corrected chi connectivity index (χ2v) is 5.02. The predicted molar refractivity (Wildman–Crippen MR) is 51.9 cm³/mol. The Labute approximate surface area is 74.7 Å². The van der Waals surface area contributed by atoms with Gasteiger partial charge in [-0.1, -0.05) is 15.9 Å². The first kappa shape index (κ1) is 8.77. The van der Waals surface area contributed by atoms with E-state index in [2.05, 4.69) is 21.8 Å². The first-order valence-electron chi connectivity index (χ1n) is 2.91. The SMILES string of the molecule is C=S(N)(=O)c1ccc(Br)cc1. The second kappa shape index (κ2) is 2.97. The van der Waals surface area contributed by atoms with Gasteiger partial charge < -0.3 is 0 Å². The molecule has 0 fully saturated rings. The van der Waals surface area contributed by atoms with Crippen LogP contribution in [0.4, 0.5) is 0 Å². The minimum absolute atomic E-state index is 0.570. The highest BCUT2D eigenvalue weighted by Gasteiger charge is 1.98. The lowest BCUT2D eigenvalue weighted by Crippen LogP contribution is -2.11. The van der Waals surface area contributed by atoms with Gasteiger partial charge in [0, 0.05) is 9.37 Å². The van der Waals surface area contributed by atoms with Crippen molar-refractivity contribution in [2.75, 3.05) is 0 Å². The Kier molecular flexibility index (Phi) is 2.37. The van der Waals surface area contributed by atoms with Gasteiger partial charge in [0.05, 0.1) is 9.71 Å². The van der Waals surface area contributed by atoms with Crippen LogP contribution in [0.25, 0.3) is 0 Å². The molecule has 0 bridgehead atoms. The molecule has 1 rings (SSSR count). The number of rotatable bonds is 1. The molecule has 4 heteroatoms. The maximum Gasteiger partial charge on any atom is 0.0507 e. The van der Waals surface area contributed by atoms with Gasteiger partial charge in [0.25, 0.3) is 0 Å². The summed E-state index contributed by atoms with van der Waals surface area (Å²) < 4.78 is 12.1. The van der Waals surface area contributed by atoms with Crippen LogP contribution in [0.1, 0.15) is 0 Å². The molecule has 11 heavy (non-hydrogen) atoms. The first-order valence-corrected chi connectivity index (χ1v) is 5.49. The van der Waals surface area contributed by atoms with Gasteiger partial charge in [-0.15, -0.1) is 0 Å². The van der Waals surface area contributed by atoms with Crippen molar-refractivity contribution in [3.63, 3.8) is 0 Å². The van der Waals surface area contributed by atoms with Crippen LogP contribution < -0.4 is 5.14 Å². The van der Waals surface area contributed by atoms with E-state index in [1.54, 1.807) is 24.3 Å². The number of hydrogen-bond donors (Lipinski definition) is 1. The fourth-order valence-corrected chi connectivity index (χ4v) is 1.53. The lowest BCUT2D eigenvalue weighted by atomic mass is 10.4. The largest absolute Gasteiger partial charge is 0.256 e. The minimum Gasteiger partial charge on any atom is -0.256 e. The molecule has 0 saturated carbocycles. The summed E-state index contributed by atoms with van der Waals surface area (Å²) >= 11 is 3.26. The van der Waals surface area contributed by atoms with Crippen LogP contribution in [0.15, 0.2) is 33.6 Å². The third-order valence-corrected chi connectivity index (χ3v) is 2.81. The summed E-state index contributed by atoms with van der Waals surface area (Å²) in [7, 11) is -2.54. The Morgan fingerprint density at radius 2 is 1.82 bits per heavy atom. The maximum atomic E-state index is 11.2. The van der Waals surface area contributed by atoms with Crippen LogP contribution in [0, 0.1) is 0 Å². The van der Waals surface area contributed by atoms with Crippen molar-refractivity contribution in [1.82, 2.24) is 0 Å². The number of nitrogens with two attached hydrogens (primary N) is 1. The van der Waals surface area contributed by atoms with E-state index in [1.165, 1.54) is 0 Å². The van der Waals surface area contributed by atoms with Crippen LogP contribution in [-0.2, 0) is 9.71 Å². The zero-order valence-electron chi connectivity index (χ0n) is 5.79. The summed E-state index contributed by atoms with van der Waals surface area (Å²) in [6.07, 6.45) is 0. The highest BCUT2D eigenvalue weighted by atomic mass is 79.9. The first-order chi connectivity index (χ1) is 5.00. The molecule has 0 aliphatic rings. The zero-order valence-corrected chi connectivity index (χ0v) is 8.19. The average Bonchev–Trinajstić information content (AvgIpc) is 1.86. The molecule has 1 aromatic rings. The highest BCUT2D eigenvalue weighted by Crippen LogP contribution is 2.12. The molecule has 2 N–H and O–H groups in total. The summed E-state index contributed by atoms with van der Waals surface area (Å²) in [6.45, 7) is 0. The predicted octanol–water partition coefficient (Wildman–Crippen LogP) is 1.40. The van der Waals surface area contributed by atoms with Crippen molar-refractivity contribution >= 4 is 31.5 Å². The van der Waals surface area contributed by atoms with Crippen molar-refractivity contribution in [3.05, 3.63) is 28.7 Å². The standard InChI is InChI=1S/C7H8BrNOS/c1-11(9,10)7-4-2-6(8)3-5-7/h2-5H,1H2,(H2,9,10). The van der Waals surface area contributed by atoms with Crippen LogP contribution in [-0.4, -0.2) is 10.1 Å². The monoisotopic (exact) mass is 233 g/mol. The summed E-state index contributed by atoms with van der Waals surface area (Å²) in [5, 5.41) is 5.31. The third kappa shape index (κ3) is 2.32. The van der Waals surface area contributed by atoms with Crippen LogP contribution in [0.3, 0.4) is 0 Å². The van der Waals surface area contributed by atoms with Crippen LogP contribution >= 0.6 is 15.9 Å². The number of benzene rings is 1. The maximum absolute atomic E-state index is 11.2. The molecule has 0 radical (unpaired) electrons. The molecule has 1 unspecified atom stereocenters. The molecule has 0 saturated heterocycles. The Hall–Kier alpha value is -0.320. The van der Waals surface area contributed by atoms with E-state index in [0.717, 1.165) is 4.47 Å². The van der Waals surface area contributed by atoms with E-state index in [9.17, 15) is 4.21 Å². The quantitative estimate of drug-likeness (QED) is 0.733. The smallest absolute Gasteiger partial charge is 0.0507 e. The van der Waals surface area contributed by atoms with Gasteiger partial charge in [-0.05, 0) is 30.1 Å². The van der Waals surface area contributed by atoms with E-state index < -0.39 is 9.71 Å². The van der Waals surface area contributed by atoms with Gasteiger partial charge in [0.15, 0.2) is 0 Å². The molecule has 0 spiro atoms. The molecule has 2 nitrogen and oxygen atoms in total. The zero-order chi connectivity index (χ0) is 8.48. The fourth-order valence-electron chi connectivity index (χ4n) is 0.665. The van der Waals surface area contributed by atoms with Gasteiger partial charge in [-0.3, -0.25) is 5.14 Å². The minimum atomic E-state index is -2.54. The molecule has 1 aromatic carbocycles. The molecule has 0 aliphatic heterocycles. The Morgan fingerprint density at radius 3 is 2.18 bits per heavy atom. The normalized spacial score (nSPS) is 15.8. The third-order valence-electron chi connectivity index (χ3n) is 1.21. The van der Waals surface area contributed by atoms with E-state index >= 15 is 0 Å². The van der Waals surface area contributed by atoms with Crippen molar-refractivity contribution in [1.29, 1.82) is 0 Å². The van der Waals surface area contributed by atoms with Crippen LogP contribution in [0.2, 0.25) is 0 Å². The Morgan fingerprint density at radius 1 is 1.36 bits per heavy atom. The number of hydrogen-bond acceptors (Lipinski definition) is 1. The van der Waals surface area contributed by atoms with Gasteiger partial charge in [-0.2, -0.15) is 0 Å². The van der Waals surface area contributed by atoms with Crippen molar-refractivity contribution < 1.29 is 4.21 Å². The van der Waals surface area contributed by atoms with Gasteiger partial charge in [0.1, 0.15) is 0 Å². The summed E-state index contributed by atoms with van der Waals surface area (Å²) in [5.74, 6) is 3.36. The Balaban J connectivity index is 3.20. The van der Waals surface area contributed by atoms with Gasteiger partial charge in [0.2, 0.25) is 0 Å². The summed E-state index contributed by atoms with van der Waals surface area (Å²) in [4.78, 5) is 0.570. The summed E-state index contributed by atoms with van der Waals surface area (Å²) in [6, 6.07) is 6.96. The molecular formula is C7H8BrNOS. The fraction of sp³-hybridized carbons (Fsp3) is 0.